The number of hydrogen-bond acceptors (Lipinski definition) is 4. The molecular formula is C10H21NO3. The summed E-state index contributed by atoms with van der Waals surface area (Å²) >= 11 is 0. The summed E-state index contributed by atoms with van der Waals surface area (Å²) in [5, 5.41) is 0. The van der Waals surface area contributed by atoms with E-state index in [9.17, 15) is 4.79 Å². The molecule has 0 amide bonds. The molecule has 0 saturated heterocycles. The summed E-state index contributed by atoms with van der Waals surface area (Å²) in [5.41, 5.74) is 5.61. The molecular weight excluding hydrogens is 182 g/mol. The maximum Gasteiger partial charge on any atom is 0.305 e. The van der Waals surface area contributed by atoms with Gasteiger partial charge in [0.1, 0.15) is 0 Å². The SMILES string of the molecule is CCC(C)(N)COCCCC(=O)OC. The van der Waals surface area contributed by atoms with Crippen molar-refractivity contribution in [1.29, 1.82) is 0 Å². The van der Waals surface area contributed by atoms with Crippen molar-refractivity contribution in [1.82, 2.24) is 0 Å². The monoisotopic (exact) mass is 203 g/mol. The number of carbonyl (C=O) groups excluding carboxylic acids is 1. The zero-order chi connectivity index (χ0) is 11.0. The first-order valence-electron chi connectivity index (χ1n) is 4.95. The van der Waals surface area contributed by atoms with E-state index in [0.29, 0.717) is 26.1 Å². The molecule has 14 heavy (non-hydrogen) atoms. The molecule has 0 aromatic carbocycles. The maximum atomic E-state index is 10.7. The Kier molecular flexibility index (Phi) is 6.49. The molecule has 1 atom stereocenters. The number of nitrogens with two attached hydrogens (primary N) is 1. The van der Waals surface area contributed by atoms with Crippen LogP contribution in [0.3, 0.4) is 0 Å². The number of carbonyl (C=O) groups is 1. The molecule has 0 fully saturated rings. The molecule has 0 aliphatic carbocycles. The highest BCUT2D eigenvalue weighted by Crippen LogP contribution is 2.05. The van der Waals surface area contributed by atoms with Gasteiger partial charge in [-0.15, -0.1) is 0 Å². The second-order valence-corrected chi connectivity index (χ2v) is 3.74. The summed E-state index contributed by atoms with van der Waals surface area (Å²) in [6.45, 7) is 5.07. The molecule has 0 spiro atoms. The van der Waals surface area contributed by atoms with Crippen molar-refractivity contribution in [2.75, 3.05) is 20.3 Å². The van der Waals surface area contributed by atoms with Crippen LogP contribution < -0.4 is 5.73 Å². The lowest BCUT2D eigenvalue weighted by Crippen LogP contribution is -2.40. The third-order valence-electron chi connectivity index (χ3n) is 2.14. The van der Waals surface area contributed by atoms with E-state index in [2.05, 4.69) is 4.74 Å². The fourth-order valence-electron chi connectivity index (χ4n) is 0.828. The van der Waals surface area contributed by atoms with Gasteiger partial charge in [0.15, 0.2) is 0 Å². The minimum Gasteiger partial charge on any atom is -0.469 e. The zero-order valence-electron chi connectivity index (χ0n) is 9.34. The van der Waals surface area contributed by atoms with E-state index >= 15 is 0 Å². The molecule has 84 valence electrons. The highest BCUT2D eigenvalue weighted by molar-refractivity contribution is 5.68. The van der Waals surface area contributed by atoms with Gasteiger partial charge in [-0.1, -0.05) is 6.92 Å². The molecule has 0 aliphatic heterocycles. The van der Waals surface area contributed by atoms with E-state index < -0.39 is 0 Å². The van der Waals surface area contributed by atoms with Crippen molar-refractivity contribution in [2.24, 2.45) is 5.73 Å². The van der Waals surface area contributed by atoms with E-state index in [1.807, 2.05) is 13.8 Å². The van der Waals surface area contributed by atoms with Gasteiger partial charge >= 0.3 is 5.97 Å². The third-order valence-corrected chi connectivity index (χ3v) is 2.14. The van der Waals surface area contributed by atoms with Crippen LogP contribution >= 0.6 is 0 Å². The standard InChI is InChI=1S/C10H21NO3/c1-4-10(2,11)8-14-7-5-6-9(12)13-3/h4-8,11H2,1-3H3. The third kappa shape index (κ3) is 6.86. The van der Waals surface area contributed by atoms with Gasteiger partial charge in [0.2, 0.25) is 0 Å². The van der Waals surface area contributed by atoms with Gasteiger partial charge in [-0.25, -0.2) is 0 Å². The second kappa shape index (κ2) is 6.79. The van der Waals surface area contributed by atoms with Crippen LogP contribution in [-0.2, 0) is 14.3 Å². The van der Waals surface area contributed by atoms with E-state index in [1.54, 1.807) is 0 Å². The summed E-state index contributed by atoms with van der Waals surface area (Å²) in [7, 11) is 1.39. The Labute approximate surface area is 85.8 Å². The predicted octanol–water partition coefficient (Wildman–Crippen LogP) is 1.08. The largest absolute Gasteiger partial charge is 0.469 e. The normalized spacial score (nSPS) is 14.9. The van der Waals surface area contributed by atoms with Crippen LogP contribution in [0.1, 0.15) is 33.1 Å². The lowest BCUT2D eigenvalue weighted by Gasteiger charge is -2.22. The summed E-state index contributed by atoms with van der Waals surface area (Å²) in [4.78, 5) is 10.7. The Morgan fingerprint density at radius 1 is 1.50 bits per heavy atom. The van der Waals surface area contributed by atoms with Crippen LogP contribution in [0.15, 0.2) is 0 Å². The second-order valence-electron chi connectivity index (χ2n) is 3.74. The number of ether oxygens (including phenoxy) is 2. The zero-order valence-corrected chi connectivity index (χ0v) is 9.34. The number of methoxy groups -OCH3 is 1. The quantitative estimate of drug-likeness (QED) is 0.497. The summed E-state index contributed by atoms with van der Waals surface area (Å²) < 4.78 is 9.85. The van der Waals surface area contributed by atoms with Crippen molar-refractivity contribution in [3.63, 3.8) is 0 Å². The molecule has 0 aliphatic rings. The number of hydrogen-bond donors (Lipinski definition) is 1. The van der Waals surface area contributed by atoms with E-state index in [-0.39, 0.29) is 11.5 Å². The van der Waals surface area contributed by atoms with Gasteiger partial charge in [0.25, 0.3) is 0 Å². The van der Waals surface area contributed by atoms with E-state index in [4.69, 9.17) is 10.5 Å². The molecule has 0 radical (unpaired) electrons. The van der Waals surface area contributed by atoms with Gasteiger partial charge in [-0.05, 0) is 19.8 Å². The van der Waals surface area contributed by atoms with Gasteiger partial charge in [-0.2, -0.15) is 0 Å². The highest BCUT2D eigenvalue weighted by atomic mass is 16.5. The Morgan fingerprint density at radius 2 is 2.14 bits per heavy atom. The van der Waals surface area contributed by atoms with Crippen molar-refractivity contribution < 1.29 is 14.3 Å². The number of esters is 1. The van der Waals surface area contributed by atoms with Crippen molar-refractivity contribution in [3.8, 4) is 0 Å². The van der Waals surface area contributed by atoms with Crippen LogP contribution in [0.25, 0.3) is 0 Å². The molecule has 0 aromatic rings. The van der Waals surface area contributed by atoms with Gasteiger partial charge in [0.05, 0.1) is 13.7 Å². The molecule has 0 bridgehead atoms. The Morgan fingerprint density at radius 3 is 2.64 bits per heavy atom. The molecule has 2 N–H and O–H groups in total. The Bertz CT molecular complexity index is 169. The molecule has 0 rings (SSSR count). The molecule has 0 saturated carbocycles. The van der Waals surface area contributed by atoms with Crippen molar-refractivity contribution in [3.05, 3.63) is 0 Å². The van der Waals surface area contributed by atoms with Gasteiger partial charge < -0.3 is 15.2 Å². The Hall–Kier alpha value is -0.610. The fourth-order valence-corrected chi connectivity index (χ4v) is 0.828. The van der Waals surface area contributed by atoms with E-state index in [1.165, 1.54) is 7.11 Å². The summed E-state index contributed by atoms with van der Waals surface area (Å²) in [6.07, 6.45) is 1.97. The van der Waals surface area contributed by atoms with Crippen LogP contribution in [0, 0.1) is 0 Å². The number of rotatable bonds is 7. The first kappa shape index (κ1) is 13.4. The highest BCUT2D eigenvalue weighted by Gasteiger charge is 2.15. The fraction of sp³-hybridized carbons (Fsp3) is 0.900. The first-order valence-corrected chi connectivity index (χ1v) is 4.95. The lowest BCUT2D eigenvalue weighted by molar-refractivity contribution is -0.141. The molecule has 1 unspecified atom stereocenters. The first-order chi connectivity index (χ1) is 6.52. The van der Waals surface area contributed by atoms with Crippen LogP contribution in [-0.4, -0.2) is 31.8 Å². The van der Waals surface area contributed by atoms with E-state index in [0.717, 1.165) is 6.42 Å². The van der Waals surface area contributed by atoms with Crippen LogP contribution in [0.4, 0.5) is 0 Å². The molecule has 0 aromatic heterocycles. The maximum absolute atomic E-state index is 10.7. The molecule has 4 heteroatoms. The topological polar surface area (TPSA) is 61.5 Å². The smallest absolute Gasteiger partial charge is 0.305 e. The summed E-state index contributed by atoms with van der Waals surface area (Å²) in [6, 6.07) is 0. The predicted molar refractivity (Wildman–Crippen MR) is 55.0 cm³/mol. The van der Waals surface area contributed by atoms with Gasteiger partial charge in [0, 0.05) is 18.6 Å². The Balaban J connectivity index is 3.34. The average Bonchev–Trinajstić information content (AvgIpc) is 2.17. The average molecular weight is 203 g/mol. The summed E-state index contributed by atoms with van der Waals surface area (Å²) in [5.74, 6) is -0.195. The van der Waals surface area contributed by atoms with Crippen molar-refractivity contribution in [2.45, 2.75) is 38.6 Å². The minimum atomic E-state index is -0.259. The van der Waals surface area contributed by atoms with Gasteiger partial charge in [-0.3, -0.25) is 4.79 Å². The van der Waals surface area contributed by atoms with Crippen LogP contribution in [0.2, 0.25) is 0 Å². The molecule has 0 heterocycles. The van der Waals surface area contributed by atoms with Crippen LogP contribution in [0.5, 0.6) is 0 Å². The molecule has 4 nitrogen and oxygen atoms in total. The lowest BCUT2D eigenvalue weighted by atomic mass is 10.0. The van der Waals surface area contributed by atoms with Crippen molar-refractivity contribution >= 4 is 5.97 Å². The minimum absolute atomic E-state index is 0.195.